The lowest BCUT2D eigenvalue weighted by atomic mass is 9.88. The Bertz CT molecular complexity index is 1630. The van der Waals surface area contributed by atoms with Gasteiger partial charge in [0.05, 0.1) is 30.2 Å². The van der Waals surface area contributed by atoms with Crippen LogP contribution in [0, 0.1) is 17.6 Å². The molecule has 1 fully saturated rings. The summed E-state index contributed by atoms with van der Waals surface area (Å²) < 4.78 is 96.2. The fourth-order valence-electron chi connectivity index (χ4n) is 5.78. The molecule has 1 amide bonds. The highest BCUT2D eigenvalue weighted by Crippen LogP contribution is 2.42. The molecule has 2 aliphatic heterocycles. The first-order valence-electron chi connectivity index (χ1n) is 13.9. The van der Waals surface area contributed by atoms with Crippen LogP contribution in [-0.4, -0.2) is 61.6 Å². The summed E-state index contributed by atoms with van der Waals surface area (Å²) in [4.78, 5) is 34.6. The van der Waals surface area contributed by atoms with Crippen LogP contribution in [0.15, 0.2) is 59.8 Å². The van der Waals surface area contributed by atoms with Gasteiger partial charge in [-0.05, 0) is 56.0 Å². The molecule has 0 radical (unpaired) electrons. The second-order valence-electron chi connectivity index (χ2n) is 11.4. The smallest absolute Gasteiger partial charge is 0.395 e. The number of carbonyl (C=O) groups is 2. The van der Waals surface area contributed by atoms with E-state index in [9.17, 15) is 45.4 Å². The molecule has 1 saturated heterocycles. The standard InChI is InChI=1S/C30H28F7N5O3/c1-28-8-3-9-42(28)41(14-16-4-6-19(31)20(32)10-16)27(45)25(26(28)44)23(43)13-38-21-7-5-17(30(35,36)37)11-18(21)22-12-24(29(2,33)34)40-15-39-22/h4-7,10,12,15,17,38,44H,3,8-9,11,13-14H2,1-2H3. The number of alkyl halides is 5. The number of hydrogen-bond acceptors (Lipinski definition) is 7. The fourth-order valence-corrected chi connectivity index (χ4v) is 5.78. The summed E-state index contributed by atoms with van der Waals surface area (Å²) >= 11 is 0. The number of rotatable bonds is 8. The van der Waals surface area contributed by atoms with E-state index < -0.39 is 76.9 Å². The molecule has 2 N–H and O–H groups in total. The van der Waals surface area contributed by atoms with E-state index in [1.54, 1.807) is 11.9 Å². The maximum Gasteiger partial charge on any atom is 0.395 e. The van der Waals surface area contributed by atoms with E-state index in [2.05, 4.69) is 15.3 Å². The van der Waals surface area contributed by atoms with E-state index in [1.165, 1.54) is 11.1 Å². The second kappa shape index (κ2) is 11.6. The summed E-state index contributed by atoms with van der Waals surface area (Å²) in [5.41, 5.74) is -2.58. The van der Waals surface area contributed by atoms with Crippen molar-refractivity contribution in [2.75, 3.05) is 13.1 Å². The van der Waals surface area contributed by atoms with Crippen LogP contribution in [0.4, 0.5) is 30.7 Å². The van der Waals surface area contributed by atoms with Crippen molar-refractivity contribution in [2.45, 2.75) is 57.3 Å². The number of benzene rings is 1. The van der Waals surface area contributed by atoms with Gasteiger partial charge in [0.25, 0.3) is 11.8 Å². The molecule has 1 aliphatic carbocycles. The van der Waals surface area contributed by atoms with Crippen molar-refractivity contribution in [1.29, 1.82) is 0 Å². The molecular formula is C30H28F7N5O3. The summed E-state index contributed by atoms with van der Waals surface area (Å²) in [6.45, 7) is 1.63. The molecule has 2 atom stereocenters. The van der Waals surface area contributed by atoms with Gasteiger partial charge in [-0.25, -0.2) is 23.8 Å². The van der Waals surface area contributed by atoms with Crippen LogP contribution in [0.1, 0.15) is 50.1 Å². The average Bonchev–Trinajstić information content (AvgIpc) is 3.38. The van der Waals surface area contributed by atoms with Crippen LogP contribution in [0.25, 0.3) is 5.57 Å². The number of hydrazine groups is 1. The molecule has 2 aromatic rings. The molecule has 45 heavy (non-hydrogen) atoms. The van der Waals surface area contributed by atoms with Gasteiger partial charge < -0.3 is 10.4 Å². The van der Waals surface area contributed by atoms with Gasteiger partial charge in [-0.3, -0.25) is 14.6 Å². The molecule has 15 heteroatoms. The molecule has 3 heterocycles. The lowest BCUT2D eigenvalue weighted by Gasteiger charge is -2.46. The molecular weight excluding hydrogens is 611 g/mol. The highest BCUT2D eigenvalue weighted by Gasteiger charge is 2.52. The molecule has 0 spiro atoms. The topological polar surface area (TPSA) is 98.7 Å². The summed E-state index contributed by atoms with van der Waals surface area (Å²) in [6, 6.07) is 3.98. The number of amides is 1. The number of ketones is 1. The third-order valence-electron chi connectivity index (χ3n) is 8.22. The van der Waals surface area contributed by atoms with Crippen molar-refractivity contribution in [2.24, 2.45) is 5.92 Å². The van der Waals surface area contributed by atoms with Crippen LogP contribution >= 0.6 is 0 Å². The van der Waals surface area contributed by atoms with E-state index in [4.69, 9.17) is 0 Å². The minimum atomic E-state index is -4.65. The quantitative estimate of drug-likeness (QED) is 0.291. The zero-order chi connectivity index (χ0) is 32.9. The number of aromatic nitrogens is 2. The van der Waals surface area contributed by atoms with Crippen molar-refractivity contribution in [3.05, 3.63) is 88.4 Å². The van der Waals surface area contributed by atoms with E-state index in [-0.39, 0.29) is 29.1 Å². The number of nitrogens with zero attached hydrogens (tertiary/aromatic N) is 4. The van der Waals surface area contributed by atoms with Crippen LogP contribution in [0.3, 0.4) is 0 Å². The molecule has 2 unspecified atom stereocenters. The highest BCUT2D eigenvalue weighted by molar-refractivity contribution is 6.21. The molecule has 0 saturated carbocycles. The first kappa shape index (κ1) is 32.1. The zero-order valence-corrected chi connectivity index (χ0v) is 24.1. The number of hydrogen-bond donors (Lipinski definition) is 2. The van der Waals surface area contributed by atoms with Crippen LogP contribution in [0.5, 0.6) is 0 Å². The lowest BCUT2D eigenvalue weighted by Crippen LogP contribution is -2.60. The maximum absolute atomic E-state index is 14.0. The molecule has 8 nitrogen and oxygen atoms in total. The monoisotopic (exact) mass is 639 g/mol. The van der Waals surface area contributed by atoms with Crippen molar-refractivity contribution in [1.82, 2.24) is 25.3 Å². The highest BCUT2D eigenvalue weighted by atomic mass is 19.4. The Morgan fingerprint density at radius 3 is 2.53 bits per heavy atom. The van der Waals surface area contributed by atoms with Crippen molar-refractivity contribution < 1.29 is 45.4 Å². The third-order valence-corrected chi connectivity index (χ3v) is 8.22. The predicted molar refractivity (Wildman–Crippen MR) is 146 cm³/mol. The second-order valence-corrected chi connectivity index (χ2v) is 11.4. The van der Waals surface area contributed by atoms with Crippen molar-refractivity contribution in [3.63, 3.8) is 0 Å². The average molecular weight is 640 g/mol. The van der Waals surface area contributed by atoms with Gasteiger partial charge in [-0.2, -0.15) is 22.0 Å². The number of fused-ring (bicyclic) bond motifs is 1. The lowest BCUT2D eigenvalue weighted by molar-refractivity contribution is -0.161. The van der Waals surface area contributed by atoms with Crippen LogP contribution < -0.4 is 5.32 Å². The van der Waals surface area contributed by atoms with E-state index in [1.807, 2.05) is 0 Å². The summed E-state index contributed by atoms with van der Waals surface area (Å²) in [5, 5.41) is 16.6. The van der Waals surface area contributed by atoms with Crippen LogP contribution in [-0.2, 0) is 22.1 Å². The van der Waals surface area contributed by atoms with E-state index in [0.29, 0.717) is 26.3 Å². The SMILES string of the molecule is CC(F)(F)c1cc(C2=C(NCC(=O)C3=C(O)C4(C)CCCN4N(Cc4ccc(F)c(F)c4)C3=O)C=CC(C(F)(F)F)C2)ncn1. The Kier molecular flexibility index (Phi) is 8.27. The minimum Gasteiger partial charge on any atom is -0.509 e. The summed E-state index contributed by atoms with van der Waals surface area (Å²) in [6.07, 6.45) is -1.71. The number of Topliss-reactive ketones (excluding diaryl/α,β-unsaturated/α-hetero) is 1. The molecule has 3 aliphatic rings. The fraction of sp³-hybridized carbons (Fsp3) is 0.400. The molecule has 5 rings (SSSR count). The largest absolute Gasteiger partial charge is 0.509 e. The number of nitrogens with one attached hydrogen (secondary N) is 1. The number of halogens is 7. The van der Waals surface area contributed by atoms with E-state index >= 15 is 0 Å². The van der Waals surface area contributed by atoms with Crippen molar-refractivity contribution >= 4 is 17.3 Å². The Balaban J connectivity index is 1.45. The van der Waals surface area contributed by atoms with Gasteiger partial charge in [-0.15, -0.1) is 0 Å². The van der Waals surface area contributed by atoms with Gasteiger partial charge in [0.1, 0.15) is 23.4 Å². The van der Waals surface area contributed by atoms with Gasteiger partial charge in [0.15, 0.2) is 17.4 Å². The van der Waals surface area contributed by atoms with Crippen LogP contribution in [0.2, 0.25) is 0 Å². The Morgan fingerprint density at radius 1 is 1.13 bits per heavy atom. The summed E-state index contributed by atoms with van der Waals surface area (Å²) in [7, 11) is 0. The summed E-state index contributed by atoms with van der Waals surface area (Å²) in [5.74, 6) is -9.87. The predicted octanol–water partition coefficient (Wildman–Crippen LogP) is 5.50. The number of aliphatic hydroxyl groups is 1. The Labute approximate surface area is 252 Å². The zero-order valence-electron chi connectivity index (χ0n) is 24.1. The molecule has 240 valence electrons. The maximum atomic E-state index is 14.0. The number of aliphatic hydroxyl groups excluding tert-OH is 1. The molecule has 0 bridgehead atoms. The Morgan fingerprint density at radius 2 is 1.87 bits per heavy atom. The molecule has 1 aromatic carbocycles. The Hall–Kier alpha value is -4.27. The van der Waals surface area contributed by atoms with Gasteiger partial charge in [0.2, 0.25) is 0 Å². The minimum absolute atomic E-state index is 0.0244. The van der Waals surface area contributed by atoms with E-state index in [0.717, 1.165) is 36.7 Å². The first-order valence-corrected chi connectivity index (χ1v) is 13.9. The van der Waals surface area contributed by atoms with Gasteiger partial charge >= 0.3 is 6.18 Å². The van der Waals surface area contributed by atoms with Gasteiger partial charge in [0, 0.05) is 24.7 Å². The van der Waals surface area contributed by atoms with Gasteiger partial charge in [-0.1, -0.05) is 12.1 Å². The molecule has 1 aromatic heterocycles. The number of carbonyl (C=O) groups excluding carboxylic acids is 2. The van der Waals surface area contributed by atoms with Crippen molar-refractivity contribution in [3.8, 4) is 0 Å². The normalized spacial score (nSPS) is 22.7. The first-order chi connectivity index (χ1) is 21.0. The third kappa shape index (κ3) is 6.17. The number of allylic oxidation sites excluding steroid dienone is 3.